The smallest absolute Gasteiger partial charge is 0.127 e. The number of piperazine rings is 1. The number of allylic oxidation sites excluding steroid dienone is 2. The van der Waals surface area contributed by atoms with E-state index in [9.17, 15) is 0 Å². The Labute approximate surface area is 125 Å². The van der Waals surface area contributed by atoms with Gasteiger partial charge >= 0.3 is 0 Å². The van der Waals surface area contributed by atoms with Crippen molar-refractivity contribution in [1.82, 2.24) is 0 Å². The van der Waals surface area contributed by atoms with Gasteiger partial charge in [-0.05, 0) is 38.0 Å². The first-order valence-corrected chi connectivity index (χ1v) is 9.14. The minimum Gasteiger partial charge on any atom is -0.325 e. The summed E-state index contributed by atoms with van der Waals surface area (Å²) in [6, 6.07) is 0.998. The average Bonchev–Trinajstić information content (AvgIpc) is 2.49. The van der Waals surface area contributed by atoms with Crippen LogP contribution in [0.2, 0.25) is 0 Å². The first-order chi connectivity index (χ1) is 9.81. The number of rotatable bonds is 3. The Morgan fingerprint density at radius 2 is 1.85 bits per heavy atom. The fourth-order valence-corrected chi connectivity index (χ4v) is 4.79. The van der Waals surface area contributed by atoms with Gasteiger partial charge in [0.05, 0.1) is 12.6 Å². The molecule has 2 heteroatoms. The van der Waals surface area contributed by atoms with Crippen LogP contribution in [0, 0.1) is 11.8 Å². The minimum atomic E-state index is 0.978. The van der Waals surface area contributed by atoms with Crippen LogP contribution < -0.4 is 9.80 Å². The van der Waals surface area contributed by atoms with Gasteiger partial charge in [0.2, 0.25) is 0 Å². The minimum absolute atomic E-state index is 0.978. The second-order valence-electron chi connectivity index (χ2n) is 7.73. The zero-order valence-corrected chi connectivity index (χ0v) is 13.4. The van der Waals surface area contributed by atoms with E-state index in [1.54, 1.807) is 0 Å². The zero-order chi connectivity index (χ0) is 13.8. The van der Waals surface area contributed by atoms with E-state index in [1.165, 1.54) is 77.7 Å². The second kappa shape index (κ2) is 7.09. The van der Waals surface area contributed by atoms with Crippen LogP contribution in [0.4, 0.5) is 0 Å². The fraction of sp³-hybridized carbons (Fsp3) is 0.889. The lowest BCUT2D eigenvalue weighted by Gasteiger charge is -2.38. The molecule has 3 rings (SSSR count). The average molecular weight is 278 g/mol. The molecule has 0 aromatic carbocycles. The van der Waals surface area contributed by atoms with Crippen molar-refractivity contribution in [2.24, 2.45) is 11.8 Å². The van der Waals surface area contributed by atoms with Crippen LogP contribution in [0.15, 0.2) is 12.2 Å². The molecule has 0 aromatic heterocycles. The first kappa shape index (κ1) is 14.6. The SMILES string of the molecule is C[C@H]1CCC[C@@H]([NH+]2CC[NH+](C[C@H]3CC=CCC3)CC2)C1. The molecule has 1 saturated carbocycles. The maximum absolute atomic E-state index is 2.46. The van der Waals surface area contributed by atoms with Gasteiger partial charge in [-0.2, -0.15) is 0 Å². The summed E-state index contributed by atoms with van der Waals surface area (Å²) in [6.07, 6.45) is 14.9. The molecule has 0 amide bonds. The molecule has 0 unspecified atom stereocenters. The van der Waals surface area contributed by atoms with Crippen molar-refractivity contribution >= 4 is 0 Å². The Bertz CT molecular complexity index is 317. The Morgan fingerprint density at radius 3 is 2.55 bits per heavy atom. The van der Waals surface area contributed by atoms with E-state index in [4.69, 9.17) is 0 Å². The highest BCUT2D eigenvalue weighted by atomic mass is 15.3. The molecule has 3 aliphatic rings. The lowest BCUT2D eigenvalue weighted by molar-refractivity contribution is -1.03. The number of hydrogen-bond donors (Lipinski definition) is 2. The summed E-state index contributed by atoms with van der Waals surface area (Å²) >= 11 is 0. The van der Waals surface area contributed by atoms with Gasteiger partial charge in [0.25, 0.3) is 0 Å². The van der Waals surface area contributed by atoms with Crippen LogP contribution >= 0.6 is 0 Å². The first-order valence-electron chi connectivity index (χ1n) is 9.14. The molecule has 2 aliphatic carbocycles. The molecule has 2 N–H and O–H groups in total. The maximum atomic E-state index is 2.46. The number of hydrogen-bond acceptors (Lipinski definition) is 0. The third-order valence-corrected chi connectivity index (χ3v) is 6.07. The third-order valence-electron chi connectivity index (χ3n) is 6.07. The Balaban J connectivity index is 1.41. The standard InChI is InChI=1S/C18H32N2/c1-16-6-5-9-18(14-16)20-12-10-19(11-13-20)15-17-7-3-2-4-8-17/h2-3,16-18H,4-15H2,1H3/p+2/t16-,17-,18+/m0/s1. The largest absolute Gasteiger partial charge is 0.325 e. The van der Waals surface area contributed by atoms with Crippen LogP contribution in [0.3, 0.4) is 0 Å². The van der Waals surface area contributed by atoms with E-state index in [-0.39, 0.29) is 0 Å². The van der Waals surface area contributed by atoms with Gasteiger partial charge in [0.15, 0.2) is 0 Å². The Morgan fingerprint density at radius 1 is 1.00 bits per heavy atom. The van der Waals surface area contributed by atoms with Gasteiger partial charge in [0.1, 0.15) is 26.2 Å². The quantitative estimate of drug-likeness (QED) is 0.704. The fourth-order valence-electron chi connectivity index (χ4n) is 4.79. The summed E-state index contributed by atoms with van der Waals surface area (Å²) in [5, 5.41) is 0. The van der Waals surface area contributed by atoms with E-state index in [1.807, 2.05) is 9.80 Å². The van der Waals surface area contributed by atoms with Gasteiger partial charge in [0, 0.05) is 12.3 Å². The van der Waals surface area contributed by atoms with Crippen molar-refractivity contribution in [2.45, 2.75) is 57.9 Å². The Kier molecular flexibility index (Phi) is 5.17. The van der Waals surface area contributed by atoms with Crippen LogP contribution in [0.25, 0.3) is 0 Å². The van der Waals surface area contributed by atoms with Crippen LogP contribution in [0.5, 0.6) is 0 Å². The molecule has 2 fully saturated rings. The van der Waals surface area contributed by atoms with Crippen molar-refractivity contribution in [1.29, 1.82) is 0 Å². The van der Waals surface area contributed by atoms with Gasteiger partial charge < -0.3 is 9.80 Å². The van der Waals surface area contributed by atoms with E-state index < -0.39 is 0 Å². The van der Waals surface area contributed by atoms with E-state index >= 15 is 0 Å². The van der Waals surface area contributed by atoms with Crippen LogP contribution in [-0.4, -0.2) is 38.8 Å². The highest BCUT2D eigenvalue weighted by molar-refractivity contribution is 4.89. The molecule has 1 saturated heterocycles. The summed E-state index contributed by atoms with van der Waals surface area (Å²) < 4.78 is 0. The third kappa shape index (κ3) is 3.85. The summed E-state index contributed by atoms with van der Waals surface area (Å²) in [5.41, 5.74) is 0. The molecule has 1 heterocycles. The highest BCUT2D eigenvalue weighted by Crippen LogP contribution is 2.22. The molecule has 20 heavy (non-hydrogen) atoms. The maximum Gasteiger partial charge on any atom is 0.127 e. The molecule has 0 aromatic rings. The molecule has 114 valence electrons. The lowest BCUT2D eigenvalue weighted by Crippen LogP contribution is -3.29. The van der Waals surface area contributed by atoms with Crippen molar-refractivity contribution in [3.05, 3.63) is 12.2 Å². The summed E-state index contributed by atoms with van der Waals surface area (Å²) in [5.74, 6) is 1.96. The number of quaternary nitrogens is 2. The van der Waals surface area contributed by atoms with E-state index in [0.29, 0.717) is 0 Å². The number of nitrogens with one attached hydrogen (secondary N) is 2. The molecule has 3 atom stereocenters. The summed E-state index contributed by atoms with van der Waals surface area (Å²) in [7, 11) is 0. The van der Waals surface area contributed by atoms with Crippen molar-refractivity contribution < 1.29 is 9.80 Å². The Hall–Kier alpha value is -0.340. The molecule has 0 spiro atoms. The van der Waals surface area contributed by atoms with Crippen molar-refractivity contribution in [3.8, 4) is 0 Å². The normalized spacial score (nSPS) is 42.5. The predicted molar refractivity (Wildman–Crippen MR) is 84.2 cm³/mol. The topological polar surface area (TPSA) is 8.88 Å². The lowest BCUT2D eigenvalue weighted by atomic mass is 9.86. The van der Waals surface area contributed by atoms with Gasteiger partial charge in [-0.15, -0.1) is 0 Å². The van der Waals surface area contributed by atoms with E-state index in [2.05, 4.69) is 19.1 Å². The molecule has 2 nitrogen and oxygen atoms in total. The highest BCUT2D eigenvalue weighted by Gasteiger charge is 2.32. The predicted octanol–water partition coefficient (Wildman–Crippen LogP) is 0.705. The molecule has 0 radical (unpaired) electrons. The molecule has 1 aliphatic heterocycles. The second-order valence-corrected chi connectivity index (χ2v) is 7.73. The molecule has 0 bridgehead atoms. The van der Waals surface area contributed by atoms with Crippen molar-refractivity contribution in [2.75, 3.05) is 32.7 Å². The van der Waals surface area contributed by atoms with Crippen LogP contribution in [0.1, 0.15) is 51.9 Å². The van der Waals surface area contributed by atoms with Gasteiger partial charge in [-0.1, -0.05) is 25.5 Å². The van der Waals surface area contributed by atoms with Crippen molar-refractivity contribution in [3.63, 3.8) is 0 Å². The summed E-state index contributed by atoms with van der Waals surface area (Å²) in [6.45, 7) is 9.65. The summed E-state index contributed by atoms with van der Waals surface area (Å²) in [4.78, 5) is 3.85. The molecular weight excluding hydrogens is 244 g/mol. The van der Waals surface area contributed by atoms with E-state index in [0.717, 1.165) is 17.9 Å². The van der Waals surface area contributed by atoms with Crippen LogP contribution in [-0.2, 0) is 0 Å². The monoisotopic (exact) mass is 278 g/mol. The van der Waals surface area contributed by atoms with Gasteiger partial charge in [-0.25, -0.2) is 0 Å². The molecular formula is C18H34N2+2. The van der Waals surface area contributed by atoms with Gasteiger partial charge in [-0.3, -0.25) is 0 Å². The zero-order valence-electron chi connectivity index (χ0n) is 13.4.